The van der Waals surface area contributed by atoms with Crippen LogP contribution in [0, 0.1) is 5.82 Å². The van der Waals surface area contributed by atoms with Gasteiger partial charge in [0.05, 0.1) is 27.0 Å². The van der Waals surface area contributed by atoms with Gasteiger partial charge in [-0.15, -0.1) is 0 Å². The van der Waals surface area contributed by atoms with Crippen LogP contribution in [-0.4, -0.2) is 32.9 Å². The molecule has 1 saturated carbocycles. The third kappa shape index (κ3) is 3.77. The average molecular weight is 492 g/mol. The van der Waals surface area contributed by atoms with E-state index in [1.54, 1.807) is 18.2 Å². The second-order valence-corrected chi connectivity index (χ2v) is 10.4. The SMILES string of the molecule is Nc1ncnc2c1c(-c1nc3ccc(NS(=O)(=O)c4cccc(F)c4)cc3[nH]1)cn2C1CCCC1. The first-order valence-electron chi connectivity index (χ1n) is 11.3. The Balaban J connectivity index is 1.40. The first kappa shape index (κ1) is 21.5. The summed E-state index contributed by atoms with van der Waals surface area (Å²) in [4.78, 5) is 16.5. The quantitative estimate of drug-likeness (QED) is 0.329. The number of aromatic amines is 1. The summed E-state index contributed by atoms with van der Waals surface area (Å²) in [5.74, 6) is 0.348. The largest absolute Gasteiger partial charge is 0.383 e. The van der Waals surface area contributed by atoms with E-state index in [4.69, 9.17) is 10.7 Å². The van der Waals surface area contributed by atoms with Crippen molar-refractivity contribution in [1.29, 1.82) is 0 Å². The lowest BCUT2D eigenvalue weighted by Gasteiger charge is -2.12. The highest BCUT2D eigenvalue weighted by atomic mass is 32.2. The first-order chi connectivity index (χ1) is 16.9. The van der Waals surface area contributed by atoms with Crippen LogP contribution >= 0.6 is 0 Å². The Morgan fingerprint density at radius 3 is 2.74 bits per heavy atom. The Kier molecular flexibility index (Phi) is 4.95. The predicted molar refractivity (Wildman–Crippen MR) is 132 cm³/mol. The number of hydrogen-bond acceptors (Lipinski definition) is 6. The van der Waals surface area contributed by atoms with E-state index in [9.17, 15) is 12.8 Å². The van der Waals surface area contributed by atoms with Crippen molar-refractivity contribution in [3.8, 4) is 11.4 Å². The second-order valence-electron chi connectivity index (χ2n) is 8.73. The van der Waals surface area contributed by atoms with Crippen molar-refractivity contribution in [3.05, 3.63) is 60.8 Å². The van der Waals surface area contributed by atoms with Crippen molar-refractivity contribution >= 4 is 43.6 Å². The lowest BCUT2D eigenvalue weighted by Crippen LogP contribution is -2.13. The summed E-state index contributed by atoms with van der Waals surface area (Å²) < 4.78 is 43.6. The number of anilines is 2. The van der Waals surface area contributed by atoms with Gasteiger partial charge in [-0.1, -0.05) is 18.9 Å². The molecule has 0 aliphatic heterocycles. The molecule has 6 rings (SSSR count). The normalized spacial score (nSPS) is 14.8. The number of benzene rings is 2. The molecule has 1 fully saturated rings. The number of sulfonamides is 1. The van der Waals surface area contributed by atoms with Crippen LogP contribution in [0.15, 0.2) is 59.9 Å². The molecule has 0 unspecified atom stereocenters. The number of hydrogen-bond donors (Lipinski definition) is 3. The smallest absolute Gasteiger partial charge is 0.261 e. The van der Waals surface area contributed by atoms with Gasteiger partial charge in [0.1, 0.15) is 29.4 Å². The van der Waals surface area contributed by atoms with E-state index in [2.05, 4.69) is 24.2 Å². The maximum absolute atomic E-state index is 13.5. The van der Waals surface area contributed by atoms with Gasteiger partial charge in [0, 0.05) is 17.8 Å². The number of nitrogens with zero attached hydrogens (tertiary/aromatic N) is 4. The minimum absolute atomic E-state index is 0.155. The minimum atomic E-state index is -3.95. The maximum atomic E-state index is 13.5. The maximum Gasteiger partial charge on any atom is 0.261 e. The molecular weight excluding hydrogens is 469 g/mol. The van der Waals surface area contributed by atoms with Gasteiger partial charge in [-0.2, -0.15) is 0 Å². The van der Waals surface area contributed by atoms with Gasteiger partial charge in [-0.3, -0.25) is 4.72 Å². The van der Waals surface area contributed by atoms with Crippen molar-refractivity contribution in [2.24, 2.45) is 0 Å². The summed E-state index contributed by atoms with van der Waals surface area (Å²) in [7, 11) is -3.95. The molecule has 11 heteroatoms. The molecule has 0 amide bonds. The first-order valence-corrected chi connectivity index (χ1v) is 12.8. The predicted octanol–water partition coefficient (Wildman–Crippen LogP) is 4.61. The molecule has 0 spiro atoms. The van der Waals surface area contributed by atoms with Crippen LogP contribution < -0.4 is 10.5 Å². The van der Waals surface area contributed by atoms with Crippen LogP contribution in [0.3, 0.4) is 0 Å². The zero-order valence-electron chi connectivity index (χ0n) is 18.6. The molecule has 0 saturated heterocycles. The molecule has 35 heavy (non-hydrogen) atoms. The van der Waals surface area contributed by atoms with Crippen molar-refractivity contribution in [2.75, 3.05) is 10.5 Å². The summed E-state index contributed by atoms with van der Waals surface area (Å²) in [6, 6.07) is 10.2. The van der Waals surface area contributed by atoms with Crippen molar-refractivity contribution < 1.29 is 12.8 Å². The van der Waals surface area contributed by atoms with E-state index < -0.39 is 15.8 Å². The Labute approximate surface area is 200 Å². The van der Waals surface area contributed by atoms with Crippen LogP contribution in [0.25, 0.3) is 33.5 Å². The number of imidazole rings is 1. The molecular formula is C24H22FN7O2S. The molecule has 3 heterocycles. The number of fused-ring (bicyclic) bond motifs is 2. The molecule has 0 bridgehead atoms. The van der Waals surface area contributed by atoms with E-state index in [-0.39, 0.29) is 4.90 Å². The van der Waals surface area contributed by atoms with Gasteiger partial charge >= 0.3 is 0 Å². The van der Waals surface area contributed by atoms with Gasteiger partial charge in [0.2, 0.25) is 0 Å². The summed E-state index contributed by atoms with van der Waals surface area (Å²) in [5.41, 5.74) is 9.45. The molecule has 2 aromatic carbocycles. The Morgan fingerprint density at radius 1 is 1.11 bits per heavy atom. The number of nitrogen functional groups attached to an aromatic ring is 1. The summed E-state index contributed by atoms with van der Waals surface area (Å²) in [6.45, 7) is 0. The summed E-state index contributed by atoms with van der Waals surface area (Å²) >= 11 is 0. The van der Waals surface area contributed by atoms with Gasteiger partial charge < -0.3 is 15.3 Å². The number of nitrogens with one attached hydrogen (secondary N) is 2. The molecule has 9 nitrogen and oxygen atoms in total. The van der Waals surface area contributed by atoms with Gasteiger partial charge in [0.25, 0.3) is 10.0 Å². The van der Waals surface area contributed by atoms with Crippen LogP contribution in [0.1, 0.15) is 31.7 Å². The van der Waals surface area contributed by atoms with Crippen molar-refractivity contribution in [2.45, 2.75) is 36.6 Å². The monoisotopic (exact) mass is 491 g/mol. The topological polar surface area (TPSA) is 132 Å². The van der Waals surface area contributed by atoms with Crippen molar-refractivity contribution in [3.63, 3.8) is 0 Å². The molecule has 1 aliphatic rings. The zero-order valence-corrected chi connectivity index (χ0v) is 19.4. The fourth-order valence-corrected chi connectivity index (χ4v) is 5.88. The average Bonchev–Trinajstić information content (AvgIpc) is 3.57. The van der Waals surface area contributed by atoms with Crippen LogP contribution in [0.5, 0.6) is 0 Å². The molecule has 0 atom stereocenters. The fourth-order valence-electron chi connectivity index (χ4n) is 4.80. The van der Waals surface area contributed by atoms with E-state index in [1.807, 2.05) is 6.20 Å². The highest BCUT2D eigenvalue weighted by Gasteiger charge is 2.24. The van der Waals surface area contributed by atoms with E-state index >= 15 is 0 Å². The summed E-state index contributed by atoms with van der Waals surface area (Å²) in [5, 5.41) is 0.741. The van der Waals surface area contributed by atoms with Gasteiger partial charge in [-0.05, 0) is 49.2 Å². The third-order valence-electron chi connectivity index (χ3n) is 6.45. The second kappa shape index (κ2) is 8.05. The lowest BCUT2D eigenvalue weighted by atomic mass is 10.2. The molecule has 3 aromatic heterocycles. The fraction of sp³-hybridized carbons (Fsp3) is 0.208. The number of rotatable bonds is 5. The molecule has 0 radical (unpaired) electrons. The number of halogens is 1. The van der Waals surface area contributed by atoms with E-state index in [1.165, 1.54) is 37.4 Å². The molecule has 178 valence electrons. The number of H-pyrrole nitrogens is 1. The molecule has 1 aliphatic carbocycles. The van der Waals surface area contributed by atoms with Crippen LogP contribution in [-0.2, 0) is 10.0 Å². The van der Waals surface area contributed by atoms with E-state index in [0.29, 0.717) is 34.4 Å². The molecule has 4 N–H and O–H groups in total. The van der Waals surface area contributed by atoms with Crippen LogP contribution in [0.2, 0.25) is 0 Å². The molecule has 5 aromatic rings. The zero-order chi connectivity index (χ0) is 24.2. The highest BCUT2D eigenvalue weighted by Crippen LogP contribution is 2.38. The van der Waals surface area contributed by atoms with Crippen LogP contribution in [0.4, 0.5) is 15.9 Å². The van der Waals surface area contributed by atoms with Gasteiger partial charge in [0.15, 0.2) is 0 Å². The lowest BCUT2D eigenvalue weighted by molar-refractivity contribution is 0.532. The van der Waals surface area contributed by atoms with Gasteiger partial charge in [-0.25, -0.2) is 27.8 Å². The minimum Gasteiger partial charge on any atom is -0.383 e. The highest BCUT2D eigenvalue weighted by molar-refractivity contribution is 7.92. The Bertz CT molecular complexity index is 1690. The van der Waals surface area contributed by atoms with Crippen molar-refractivity contribution in [1.82, 2.24) is 24.5 Å². The Hall–Kier alpha value is -3.99. The van der Waals surface area contributed by atoms with E-state index in [0.717, 1.165) is 35.5 Å². The summed E-state index contributed by atoms with van der Waals surface area (Å²) in [6.07, 6.45) is 8.03. The number of nitrogens with two attached hydrogens (primary N) is 1. The standard InChI is InChI=1S/C24H22FN7O2S/c25-14-4-3-7-17(10-14)35(33,34)31-15-8-9-19-20(11-15)30-23(29-19)18-12-32(16-5-1-2-6-16)24-21(18)22(26)27-13-28-24/h3-4,7-13,16,31H,1-2,5-6H2,(H,29,30)(H2,26,27,28). The number of aromatic nitrogens is 5. The third-order valence-corrected chi connectivity index (χ3v) is 7.83. The Morgan fingerprint density at radius 2 is 1.94 bits per heavy atom.